The lowest BCUT2D eigenvalue weighted by molar-refractivity contribution is 0.304. The summed E-state index contributed by atoms with van der Waals surface area (Å²) < 4.78 is 23.4. The van der Waals surface area contributed by atoms with Crippen molar-refractivity contribution in [2.75, 3.05) is 6.54 Å². The Hall–Kier alpha value is 0.610. The third kappa shape index (κ3) is 2.03. The molecule has 0 spiro atoms. The van der Waals surface area contributed by atoms with Gasteiger partial charge in [-0.25, -0.2) is 0 Å². The molecule has 2 fully saturated rings. The highest BCUT2D eigenvalue weighted by Crippen LogP contribution is 2.76. The molecular weight excluding hydrogens is 300 g/mol. The zero-order valence-electron chi connectivity index (χ0n) is 9.51. The van der Waals surface area contributed by atoms with Gasteiger partial charge in [-0.2, -0.15) is 12.6 Å². The normalized spacial score (nSPS) is 36.4. The van der Waals surface area contributed by atoms with Gasteiger partial charge in [-0.05, 0) is 31.7 Å². The maximum absolute atomic E-state index is 11.7. The molecule has 1 aliphatic carbocycles. The van der Waals surface area contributed by atoms with Gasteiger partial charge < -0.3 is 24.9 Å². The molecule has 2 rings (SSSR count). The number of fused-ring (bicyclic) bond motifs is 1. The van der Waals surface area contributed by atoms with Crippen LogP contribution in [0.15, 0.2) is 0 Å². The first-order chi connectivity index (χ1) is 8.11. The Kier molecular flexibility index (Phi) is 3.81. The zero-order chi connectivity index (χ0) is 13.8. The zero-order valence-corrected chi connectivity index (χ0v) is 12.2. The van der Waals surface area contributed by atoms with E-state index in [0.29, 0.717) is 13.0 Å². The van der Waals surface area contributed by atoms with E-state index < -0.39 is 25.3 Å². The van der Waals surface area contributed by atoms with Crippen LogP contribution >= 0.6 is 27.8 Å². The number of hydrogen-bond acceptors (Lipinski definition) is 4. The van der Waals surface area contributed by atoms with Crippen LogP contribution in [0.2, 0.25) is 0 Å². The minimum absolute atomic E-state index is 0.151. The Morgan fingerprint density at radius 2 is 1.72 bits per heavy atom. The molecule has 1 saturated heterocycles. The average Bonchev–Trinajstić information content (AvgIpc) is 2.52. The van der Waals surface area contributed by atoms with Crippen LogP contribution in [-0.2, 0) is 9.13 Å². The van der Waals surface area contributed by atoms with Gasteiger partial charge in [0.25, 0.3) is 0 Å². The van der Waals surface area contributed by atoms with E-state index in [-0.39, 0.29) is 18.4 Å². The highest BCUT2D eigenvalue weighted by Gasteiger charge is 2.70. The summed E-state index contributed by atoms with van der Waals surface area (Å²) in [6, 6.07) is -0.359. The molecule has 0 aromatic rings. The fourth-order valence-electron chi connectivity index (χ4n) is 3.12. The van der Waals surface area contributed by atoms with Gasteiger partial charge in [0.2, 0.25) is 0 Å². The van der Waals surface area contributed by atoms with Crippen molar-refractivity contribution in [1.29, 1.82) is 0 Å². The first kappa shape index (κ1) is 15.0. The molecule has 1 aliphatic heterocycles. The largest absolute Gasteiger partial charge is 0.344 e. The molecule has 0 amide bonds. The minimum Gasteiger partial charge on any atom is -0.324 e. The second kappa shape index (κ2) is 4.57. The first-order valence-electron chi connectivity index (χ1n) is 5.64. The van der Waals surface area contributed by atoms with Crippen molar-refractivity contribution < 1.29 is 28.7 Å². The van der Waals surface area contributed by atoms with Crippen LogP contribution in [-0.4, -0.2) is 42.3 Å². The summed E-state index contributed by atoms with van der Waals surface area (Å²) in [5.74, 6) is -0.151. The lowest BCUT2D eigenvalue weighted by atomic mass is 9.94. The predicted molar refractivity (Wildman–Crippen MR) is 68.7 cm³/mol. The standard InChI is InChI=1S/C8H17NO6P2S/c10-16(11,12)8(17(13,14)15)4-5-2-1-3-9-6(5)7(8)18/h5-7,9,18H,1-4H2,(H2,10,11,12)(H2,13,14,15). The van der Waals surface area contributed by atoms with E-state index in [1.165, 1.54) is 0 Å². The summed E-state index contributed by atoms with van der Waals surface area (Å²) in [6.07, 6.45) is 1.35. The summed E-state index contributed by atoms with van der Waals surface area (Å²) in [5, 5.41) is 2.02. The van der Waals surface area contributed by atoms with Crippen molar-refractivity contribution in [3.8, 4) is 0 Å². The van der Waals surface area contributed by atoms with Crippen LogP contribution in [0.25, 0.3) is 0 Å². The molecule has 3 atom stereocenters. The smallest absolute Gasteiger partial charge is 0.324 e. The van der Waals surface area contributed by atoms with Crippen LogP contribution in [0.1, 0.15) is 19.3 Å². The van der Waals surface area contributed by atoms with Crippen molar-refractivity contribution >= 4 is 27.8 Å². The fourth-order valence-corrected chi connectivity index (χ4v) is 7.79. The quantitative estimate of drug-likeness (QED) is 0.315. The van der Waals surface area contributed by atoms with Gasteiger partial charge in [-0.1, -0.05) is 0 Å². The van der Waals surface area contributed by atoms with E-state index in [1.807, 2.05) is 0 Å². The van der Waals surface area contributed by atoms with Gasteiger partial charge >= 0.3 is 15.2 Å². The molecule has 7 nitrogen and oxygen atoms in total. The Morgan fingerprint density at radius 3 is 2.17 bits per heavy atom. The molecule has 0 aromatic carbocycles. The molecule has 106 valence electrons. The van der Waals surface area contributed by atoms with Gasteiger partial charge in [0.15, 0.2) is 4.90 Å². The maximum Gasteiger partial charge on any atom is 0.344 e. The highest BCUT2D eigenvalue weighted by molar-refractivity contribution is 7.84. The summed E-state index contributed by atoms with van der Waals surface area (Å²) >= 11 is 4.14. The third-order valence-electron chi connectivity index (χ3n) is 4.02. The van der Waals surface area contributed by atoms with Gasteiger partial charge in [0.05, 0.1) is 0 Å². The van der Waals surface area contributed by atoms with Crippen molar-refractivity contribution in [3.05, 3.63) is 0 Å². The molecule has 0 bridgehead atoms. The van der Waals surface area contributed by atoms with Crippen LogP contribution in [0.5, 0.6) is 0 Å². The maximum atomic E-state index is 11.7. The predicted octanol–water partition coefficient (Wildman–Crippen LogP) is 0.108. The van der Waals surface area contributed by atoms with Gasteiger partial charge in [-0.15, -0.1) is 0 Å². The Bertz CT molecular complexity index is 411. The molecule has 0 radical (unpaired) electrons. The second-order valence-electron chi connectivity index (χ2n) is 5.00. The highest BCUT2D eigenvalue weighted by atomic mass is 32.1. The monoisotopic (exact) mass is 317 g/mol. The van der Waals surface area contributed by atoms with Crippen LogP contribution in [0.3, 0.4) is 0 Å². The molecule has 3 unspecified atom stereocenters. The summed E-state index contributed by atoms with van der Waals surface area (Å²) in [7, 11) is -9.95. The molecule has 5 N–H and O–H groups in total. The van der Waals surface area contributed by atoms with Crippen molar-refractivity contribution in [2.45, 2.75) is 35.5 Å². The van der Waals surface area contributed by atoms with Gasteiger partial charge in [0.1, 0.15) is 0 Å². The number of rotatable bonds is 2. The molecule has 2 aliphatic rings. The Labute approximate surface area is 110 Å². The SMILES string of the molecule is O=P(O)(O)C1(P(=O)(O)O)CC2CCCNC2C1S. The number of thiol groups is 1. The Balaban J connectivity index is 2.50. The number of hydrogen-bond donors (Lipinski definition) is 6. The molecular formula is C8H17NO6P2S. The first-order valence-corrected chi connectivity index (χ1v) is 9.38. The van der Waals surface area contributed by atoms with Crippen molar-refractivity contribution in [3.63, 3.8) is 0 Å². The molecule has 1 heterocycles. The molecule has 1 saturated carbocycles. The summed E-state index contributed by atoms with van der Waals surface area (Å²) in [6.45, 7) is 0.677. The second-order valence-corrected chi connectivity index (χ2v) is 9.68. The van der Waals surface area contributed by atoms with Gasteiger partial charge in [-0.3, -0.25) is 9.13 Å². The van der Waals surface area contributed by atoms with Gasteiger partial charge in [0, 0.05) is 11.3 Å². The number of nitrogens with one attached hydrogen (secondary N) is 1. The van der Waals surface area contributed by atoms with Crippen molar-refractivity contribution in [1.82, 2.24) is 5.32 Å². The minimum atomic E-state index is -4.97. The molecule has 10 heteroatoms. The van der Waals surface area contributed by atoms with Crippen LogP contribution < -0.4 is 5.32 Å². The Morgan fingerprint density at radius 1 is 1.17 bits per heavy atom. The van der Waals surface area contributed by atoms with Crippen molar-refractivity contribution in [2.24, 2.45) is 5.92 Å². The topological polar surface area (TPSA) is 127 Å². The van der Waals surface area contributed by atoms with E-state index in [9.17, 15) is 28.7 Å². The van der Waals surface area contributed by atoms with E-state index in [1.54, 1.807) is 0 Å². The fraction of sp³-hybridized carbons (Fsp3) is 1.00. The third-order valence-corrected chi connectivity index (χ3v) is 9.70. The van der Waals surface area contributed by atoms with E-state index in [2.05, 4.69) is 17.9 Å². The van der Waals surface area contributed by atoms with E-state index >= 15 is 0 Å². The van der Waals surface area contributed by atoms with E-state index in [0.717, 1.165) is 6.42 Å². The lowest BCUT2D eigenvalue weighted by Crippen LogP contribution is -2.46. The van der Waals surface area contributed by atoms with Crippen LogP contribution in [0.4, 0.5) is 0 Å². The molecule has 0 aromatic heterocycles. The summed E-state index contributed by atoms with van der Waals surface area (Å²) in [5.41, 5.74) is 0. The number of piperidine rings is 1. The van der Waals surface area contributed by atoms with E-state index in [4.69, 9.17) is 0 Å². The molecule has 18 heavy (non-hydrogen) atoms. The average molecular weight is 317 g/mol. The van der Waals surface area contributed by atoms with Crippen LogP contribution in [0, 0.1) is 5.92 Å². The lowest BCUT2D eigenvalue weighted by Gasteiger charge is -2.35. The summed E-state index contributed by atoms with van der Waals surface area (Å²) in [4.78, 5) is 35.5.